The van der Waals surface area contributed by atoms with Crippen LogP contribution in [0.2, 0.25) is 0 Å². The van der Waals surface area contributed by atoms with E-state index in [1.165, 1.54) is 25.3 Å². The van der Waals surface area contributed by atoms with Crippen LogP contribution >= 0.6 is 0 Å². The minimum atomic E-state index is -0.260. The van der Waals surface area contributed by atoms with Crippen molar-refractivity contribution in [2.75, 3.05) is 26.7 Å². The normalized spacial score (nSPS) is 28.6. The van der Waals surface area contributed by atoms with Crippen LogP contribution in [-0.2, 0) is 14.9 Å². The van der Waals surface area contributed by atoms with Crippen molar-refractivity contribution in [1.29, 1.82) is 0 Å². The maximum absolute atomic E-state index is 13.1. The summed E-state index contributed by atoms with van der Waals surface area (Å²) in [5, 5.41) is 3.27. The van der Waals surface area contributed by atoms with Crippen molar-refractivity contribution in [3.8, 4) is 5.75 Å². The molecule has 3 fully saturated rings. The second kappa shape index (κ2) is 10.0. The van der Waals surface area contributed by atoms with Gasteiger partial charge in [-0.25, -0.2) is 0 Å². The standard InChI is InChI=1S/C29H36N2O4/c1-20(32)35-27-16-24(30-28(33)22-7-4-3-5-8-22)17-29(23-9-6-10-25(15-23)34-2)13-14-31(19-26(27)29)18-21-11-12-21/h3-10,15,21,24,26-27H,11-14,16-19H2,1-2H3,(H,30,33)/t24-,26?,27?,29?/m1/s1. The first-order valence-corrected chi connectivity index (χ1v) is 12.9. The molecule has 0 bridgehead atoms. The number of hydrogen-bond acceptors (Lipinski definition) is 5. The van der Waals surface area contributed by atoms with E-state index in [9.17, 15) is 9.59 Å². The molecular formula is C29H36N2O4. The molecule has 2 aromatic rings. The van der Waals surface area contributed by atoms with Crippen LogP contribution in [0, 0.1) is 11.8 Å². The number of rotatable bonds is 7. The zero-order chi connectivity index (χ0) is 24.4. The van der Waals surface area contributed by atoms with Gasteiger partial charge >= 0.3 is 5.97 Å². The van der Waals surface area contributed by atoms with Crippen LogP contribution in [0.4, 0.5) is 0 Å². The summed E-state index contributed by atoms with van der Waals surface area (Å²) in [6.45, 7) is 4.54. The summed E-state index contributed by atoms with van der Waals surface area (Å²) in [5.74, 6) is 1.46. The average molecular weight is 477 g/mol. The number of piperidine rings is 1. The molecular weight excluding hydrogens is 440 g/mol. The number of benzene rings is 2. The van der Waals surface area contributed by atoms with E-state index >= 15 is 0 Å². The summed E-state index contributed by atoms with van der Waals surface area (Å²) in [4.78, 5) is 27.9. The Hall–Kier alpha value is -2.86. The van der Waals surface area contributed by atoms with Gasteiger partial charge in [-0.05, 0) is 68.0 Å². The minimum absolute atomic E-state index is 0.0809. The second-order valence-corrected chi connectivity index (χ2v) is 10.6. The van der Waals surface area contributed by atoms with Crippen molar-refractivity contribution < 1.29 is 19.1 Å². The van der Waals surface area contributed by atoms with Gasteiger partial charge in [-0.1, -0.05) is 30.3 Å². The Morgan fingerprint density at radius 2 is 1.91 bits per heavy atom. The SMILES string of the molecule is COc1cccc(C23CCN(CC4CC4)CC2C(OC(C)=O)C[C@@H](NC(=O)c2ccccc2)C3)c1. The lowest BCUT2D eigenvalue weighted by Gasteiger charge is -2.55. The third kappa shape index (κ3) is 5.22. The van der Waals surface area contributed by atoms with Gasteiger partial charge in [-0.3, -0.25) is 9.59 Å². The fourth-order valence-corrected chi connectivity index (χ4v) is 6.33. The molecule has 1 saturated heterocycles. The third-order valence-corrected chi connectivity index (χ3v) is 8.16. The summed E-state index contributed by atoms with van der Waals surface area (Å²) in [6, 6.07) is 17.6. The summed E-state index contributed by atoms with van der Waals surface area (Å²) in [6.07, 6.45) is 4.80. The Kier molecular flexibility index (Phi) is 6.83. The maximum atomic E-state index is 13.1. The van der Waals surface area contributed by atoms with Crippen molar-refractivity contribution in [1.82, 2.24) is 10.2 Å². The third-order valence-electron chi connectivity index (χ3n) is 8.16. The predicted molar refractivity (Wildman–Crippen MR) is 134 cm³/mol. The second-order valence-electron chi connectivity index (χ2n) is 10.6. The van der Waals surface area contributed by atoms with Gasteiger partial charge in [0.15, 0.2) is 0 Å². The molecule has 6 heteroatoms. The number of ether oxygens (including phenoxy) is 2. The molecule has 0 aromatic heterocycles. The first kappa shape index (κ1) is 23.9. The smallest absolute Gasteiger partial charge is 0.302 e. The fourth-order valence-electron chi connectivity index (χ4n) is 6.33. The van der Waals surface area contributed by atoms with Crippen molar-refractivity contribution in [3.05, 3.63) is 65.7 Å². The van der Waals surface area contributed by atoms with E-state index in [2.05, 4.69) is 22.3 Å². The number of esters is 1. The lowest BCUT2D eigenvalue weighted by Crippen LogP contribution is -2.61. The molecule has 4 atom stereocenters. The molecule has 3 unspecified atom stereocenters. The highest BCUT2D eigenvalue weighted by molar-refractivity contribution is 5.94. The Bertz CT molecular complexity index is 1050. The van der Waals surface area contributed by atoms with Gasteiger partial charge < -0.3 is 19.7 Å². The van der Waals surface area contributed by atoms with E-state index in [4.69, 9.17) is 9.47 Å². The summed E-state index contributed by atoms with van der Waals surface area (Å²) in [5.41, 5.74) is 1.65. The van der Waals surface area contributed by atoms with Gasteiger partial charge in [0.1, 0.15) is 11.9 Å². The fraction of sp³-hybridized carbons (Fsp3) is 0.517. The number of nitrogens with one attached hydrogen (secondary N) is 1. The molecule has 35 heavy (non-hydrogen) atoms. The van der Waals surface area contributed by atoms with Crippen molar-refractivity contribution >= 4 is 11.9 Å². The quantitative estimate of drug-likeness (QED) is 0.607. The highest BCUT2D eigenvalue weighted by atomic mass is 16.5. The number of hydrogen-bond donors (Lipinski definition) is 1. The molecule has 1 N–H and O–H groups in total. The largest absolute Gasteiger partial charge is 0.497 e. The number of carbonyl (C=O) groups excluding carboxylic acids is 2. The number of methoxy groups -OCH3 is 1. The molecule has 1 amide bonds. The van der Waals surface area contributed by atoms with Gasteiger partial charge in [0.05, 0.1) is 7.11 Å². The van der Waals surface area contributed by atoms with E-state index in [1.54, 1.807) is 7.11 Å². The van der Waals surface area contributed by atoms with E-state index in [0.29, 0.717) is 12.0 Å². The molecule has 5 rings (SSSR count). The number of likely N-dealkylation sites (tertiary alicyclic amines) is 1. The van der Waals surface area contributed by atoms with E-state index < -0.39 is 0 Å². The Balaban J connectivity index is 1.48. The van der Waals surface area contributed by atoms with Crippen LogP contribution < -0.4 is 10.1 Å². The van der Waals surface area contributed by atoms with Crippen molar-refractivity contribution in [2.24, 2.45) is 11.8 Å². The molecule has 2 saturated carbocycles. The van der Waals surface area contributed by atoms with E-state index in [1.807, 2.05) is 42.5 Å². The van der Waals surface area contributed by atoms with Gasteiger partial charge in [0.25, 0.3) is 5.91 Å². The van der Waals surface area contributed by atoms with Gasteiger partial charge in [0.2, 0.25) is 0 Å². The minimum Gasteiger partial charge on any atom is -0.497 e. The summed E-state index contributed by atoms with van der Waals surface area (Å²) >= 11 is 0. The van der Waals surface area contributed by atoms with Gasteiger partial charge in [-0.15, -0.1) is 0 Å². The van der Waals surface area contributed by atoms with Crippen molar-refractivity contribution in [3.63, 3.8) is 0 Å². The number of fused-ring (bicyclic) bond motifs is 1. The van der Waals surface area contributed by atoms with E-state index in [0.717, 1.165) is 44.1 Å². The zero-order valence-electron chi connectivity index (χ0n) is 20.7. The van der Waals surface area contributed by atoms with Crippen molar-refractivity contribution in [2.45, 2.75) is 56.6 Å². The van der Waals surface area contributed by atoms with E-state index in [-0.39, 0.29) is 35.4 Å². The zero-order valence-corrected chi connectivity index (χ0v) is 20.7. The molecule has 186 valence electrons. The monoisotopic (exact) mass is 476 g/mol. The number of carbonyl (C=O) groups is 2. The van der Waals surface area contributed by atoms with Crippen LogP contribution in [0.3, 0.4) is 0 Å². The summed E-state index contributed by atoms with van der Waals surface area (Å²) < 4.78 is 11.6. The summed E-state index contributed by atoms with van der Waals surface area (Å²) in [7, 11) is 1.69. The Morgan fingerprint density at radius 1 is 1.11 bits per heavy atom. The first-order chi connectivity index (χ1) is 17.0. The lowest BCUT2D eigenvalue weighted by molar-refractivity contribution is -0.157. The molecule has 3 aliphatic rings. The van der Waals surface area contributed by atoms with Crippen LogP contribution in [0.5, 0.6) is 5.75 Å². The molecule has 1 heterocycles. The highest BCUT2D eigenvalue weighted by Crippen LogP contribution is 2.51. The van der Waals surface area contributed by atoms with Crippen LogP contribution in [0.1, 0.15) is 54.9 Å². The number of amides is 1. The average Bonchev–Trinajstić information content (AvgIpc) is 3.68. The predicted octanol–water partition coefficient (Wildman–Crippen LogP) is 4.19. The highest BCUT2D eigenvalue weighted by Gasteiger charge is 2.54. The molecule has 0 spiro atoms. The van der Waals surface area contributed by atoms with Crippen LogP contribution in [0.25, 0.3) is 0 Å². The maximum Gasteiger partial charge on any atom is 0.302 e. The topological polar surface area (TPSA) is 67.9 Å². The van der Waals surface area contributed by atoms with Crippen LogP contribution in [0.15, 0.2) is 54.6 Å². The first-order valence-electron chi connectivity index (χ1n) is 12.9. The van der Waals surface area contributed by atoms with Crippen LogP contribution in [-0.4, -0.2) is 55.7 Å². The van der Waals surface area contributed by atoms with Gasteiger partial charge in [0, 0.05) is 49.4 Å². The number of nitrogens with zero attached hydrogens (tertiary/aromatic N) is 1. The molecule has 2 aromatic carbocycles. The molecule has 1 aliphatic heterocycles. The lowest BCUT2D eigenvalue weighted by atomic mass is 9.56. The Labute approximate surface area is 208 Å². The Morgan fingerprint density at radius 3 is 2.63 bits per heavy atom. The molecule has 0 radical (unpaired) electrons. The molecule has 6 nitrogen and oxygen atoms in total. The molecule has 2 aliphatic carbocycles. The van der Waals surface area contributed by atoms with Gasteiger partial charge in [-0.2, -0.15) is 0 Å².